The van der Waals surface area contributed by atoms with E-state index in [4.69, 9.17) is 11.6 Å². The van der Waals surface area contributed by atoms with Gasteiger partial charge < -0.3 is 10.2 Å². The fourth-order valence-electron chi connectivity index (χ4n) is 3.18. The number of piperazine rings is 1. The van der Waals surface area contributed by atoms with E-state index in [0.717, 1.165) is 6.42 Å². The molecule has 0 aromatic heterocycles. The summed E-state index contributed by atoms with van der Waals surface area (Å²) < 4.78 is 26.8. The Morgan fingerprint density at radius 3 is 2.39 bits per heavy atom. The van der Waals surface area contributed by atoms with Crippen molar-refractivity contribution in [2.75, 3.05) is 32.7 Å². The third-order valence-electron chi connectivity index (χ3n) is 4.75. The highest BCUT2D eigenvalue weighted by atomic mass is 35.5. The summed E-state index contributed by atoms with van der Waals surface area (Å²) >= 11 is 5.83. The lowest BCUT2D eigenvalue weighted by molar-refractivity contribution is 0.172. The molecule has 1 heterocycles. The minimum absolute atomic E-state index is 0.156. The summed E-state index contributed by atoms with van der Waals surface area (Å²) in [5.74, 6) is 0. The number of nitrogens with zero attached hydrogens (tertiary/aromatic N) is 2. The van der Waals surface area contributed by atoms with Crippen molar-refractivity contribution in [3.8, 4) is 0 Å². The molecule has 2 aromatic carbocycles. The van der Waals surface area contributed by atoms with Crippen molar-refractivity contribution in [3.63, 3.8) is 0 Å². The van der Waals surface area contributed by atoms with E-state index in [2.05, 4.69) is 11.4 Å². The molecule has 1 N–H and O–H groups in total. The van der Waals surface area contributed by atoms with Crippen LogP contribution in [0.2, 0.25) is 5.02 Å². The Balaban J connectivity index is 1.49. The second kappa shape index (κ2) is 8.94. The summed E-state index contributed by atoms with van der Waals surface area (Å²) in [5, 5.41) is 3.41. The number of benzene rings is 2. The van der Waals surface area contributed by atoms with Crippen molar-refractivity contribution in [2.24, 2.45) is 0 Å². The zero-order valence-corrected chi connectivity index (χ0v) is 17.3. The number of aryl methyl sites for hydroxylation is 1. The maximum atomic E-state index is 12.7. The van der Waals surface area contributed by atoms with Gasteiger partial charge >= 0.3 is 6.03 Å². The predicted molar refractivity (Wildman–Crippen MR) is 110 cm³/mol. The fraction of sp³-hybridized carbons (Fsp3) is 0.350. The average Bonchev–Trinajstić information content (AvgIpc) is 2.68. The number of amides is 2. The van der Waals surface area contributed by atoms with E-state index in [-0.39, 0.29) is 24.0 Å². The SMILES string of the molecule is Cc1cccc(CCNC(=O)N2CCN(S(=O)(=O)c3ccc(Cl)cc3)CC2)c1. The molecule has 0 saturated carbocycles. The number of halogens is 1. The Kier molecular flexibility index (Phi) is 6.59. The molecule has 0 aliphatic carbocycles. The Labute approximate surface area is 171 Å². The molecule has 0 spiro atoms. The summed E-state index contributed by atoms with van der Waals surface area (Å²) in [6, 6.07) is 14.2. The first-order valence-corrected chi connectivity index (χ1v) is 11.0. The highest BCUT2D eigenvalue weighted by Crippen LogP contribution is 2.19. The van der Waals surface area contributed by atoms with Gasteiger partial charge in [-0.2, -0.15) is 4.31 Å². The third kappa shape index (κ3) is 5.04. The van der Waals surface area contributed by atoms with Gasteiger partial charge in [0.15, 0.2) is 0 Å². The number of urea groups is 1. The zero-order chi connectivity index (χ0) is 20.1. The van der Waals surface area contributed by atoms with Crippen LogP contribution in [-0.4, -0.2) is 56.4 Å². The Morgan fingerprint density at radius 1 is 1.07 bits per heavy atom. The second-order valence-corrected chi connectivity index (χ2v) is 9.19. The summed E-state index contributed by atoms with van der Waals surface area (Å²) in [6.45, 7) is 3.87. The van der Waals surface area contributed by atoms with Gasteiger partial charge in [-0.05, 0) is 43.2 Å². The Hall–Kier alpha value is -2.09. The number of hydrogen-bond donors (Lipinski definition) is 1. The zero-order valence-electron chi connectivity index (χ0n) is 15.8. The Morgan fingerprint density at radius 2 is 1.75 bits per heavy atom. The molecule has 0 radical (unpaired) electrons. The first-order chi connectivity index (χ1) is 13.4. The van der Waals surface area contributed by atoms with Crippen molar-refractivity contribution < 1.29 is 13.2 Å². The van der Waals surface area contributed by atoms with E-state index in [0.29, 0.717) is 24.7 Å². The molecule has 1 aliphatic heterocycles. The maximum absolute atomic E-state index is 12.7. The monoisotopic (exact) mass is 421 g/mol. The Bertz CT molecular complexity index is 924. The molecule has 3 rings (SSSR count). The van der Waals surface area contributed by atoms with Crippen LogP contribution in [0.15, 0.2) is 53.4 Å². The predicted octanol–water partition coefficient (Wildman–Crippen LogP) is 2.91. The molecule has 1 saturated heterocycles. The third-order valence-corrected chi connectivity index (χ3v) is 6.91. The van der Waals surface area contributed by atoms with Crippen LogP contribution in [-0.2, 0) is 16.4 Å². The standard InChI is InChI=1S/C20H24ClN3O3S/c1-16-3-2-4-17(15-16)9-10-22-20(25)23-11-13-24(14-12-23)28(26,27)19-7-5-18(21)6-8-19/h2-8,15H,9-14H2,1H3,(H,22,25). The van der Waals surface area contributed by atoms with Crippen LogP contribution in [0.25, 0.3) is 0 Å². The molecule has 150 valence electrons. The van der Waals surface area contributed by atoms with Gasteiger partial charge in [0.25, 0.3) is 0 Å². The van der Waals surface area contributed by atoms with Crippen molar-refractivity contribution >= 4 is 27.7 Å². The lowest BCUT2D eigenvalue weighted by Gasteiger charge is -2.34. The molecule has 0 atom stereocenters. The average molecular weight is 422 g/mol. The van der Waals surface area contributed by atoms with Crippen LogP contribution in [0.4, 0.5) is 4.79 Å². The lowest BCUT2D eigenvalue weighted by atomic mass is 10.1. The molecular weight excluding hydrogens is 398 g/mol. The molecule has 1 fully saturated rings. The number of carbonyl (C=O) groups is 1. The summed E-state index contributed by atoms with van der Waals surface area (Å²) in [5.41, 5.74) is 2.38. The van der Waals surface area contributed by atoms with E-state index in [1.54, 1.807) is 17.0 Å². The van der Waals surface area contributed by atoms with Crippen LogP contribution >= 0.6 is 11.6 Å². The normalized spacial score (nSPS) is 15.4. The second-order valence-electron chi connectivity index (χ2n) is 6.82. The summed E-state index contributed by atoms with van der Waals surface area (Å²) in [6.07, 6.45) is 0.762. The van der Waals surface area contributed by atoms with Gasteiger partial charge in [0.2, 0.25) is 10.0 Å². The lowest BCUT2D eigenvalue weighted by Crippen LogP contribution is -2.53. The summed E-state index contributed by atoms with van der Waals surface area (Å²) in [7, 11) is -3.57. The highest BCUT2D eigenvalue weighted by molar-refractivity contribution is 7.89. The van der Waals surface area contributed by atoms with Crippen molar-refractivity contribution in [1.82, 2.24) is 14.5 Å². The number of sulfonamides is 1. The van der Waals surface area contributed by atoms with E-state index >= 15 is 0 Å². The molecule has 6 nitrogen and oxygen atoms in total. The minimum Gasteiger partial charge on any atom is -0.338 e. The molecule has 0 unspecified atom stereocenters. The van der Waals surface area contributed by atoms with Gasteiger partial charge in [0, 0.05) is 37.7 Å². The van der Waals surface area contributed by atoms with Crippen molar-refractivity contribution in [1.29, 1.82) is 0 Å². The number of rotatable bonds is 5. The molecule has 1 aliphatic rings. The van der Waals surface area contributed by atoms with Crippen LogP contribution in [0, 0.1) is 6.92 Å². The van der Waals surface area contributed by atoms with Crippen molar-refractivity contribution in [2.45, 2.75) is 18.2 Å². The largest absolute Gasteiger partial charge is 0.338 e. The van der Waals surface area contributed by atoms with Crippen LogP contribution in [0.1, 0.15) is 11.1 Å². The van der Waals surface area contributed by atoms with Crippen molar-refractivity contribution in [3.05, 3.63) is 64.7 Å². The topological polar surface area (TPSA) is 69.7 Å². The molecule has 2 amide bonds. The van der Waals surface area contributed by atoms with Gasteiger partial charge in [0.1, 0.15) is 0 Å². The smallest absolute Gasteiger partial charge is 0.317 e. The molecule has 0 bridgehead atoms. The molecule has 28 heavy (non-hydrogen) atoms. The molecule has 8 heteroatoms. The molecule has 2 aromatic rings. The first-order valence-electron chi connectivity index (χ1n) is 9.20. The number of carbonyl (C=O) groups excluding carboxylic acids is 1. The van der Waals surface area contributed by atoms with Crippen LogP contribution < -0.4 is 5.32 Å². The quantitative estimate of drug-likeness (QED) is 0.806. The van der Waals surface area contributed by atoms with E-state index in [9.17, 15) is 13.2 Å². The maximum Gasteiger partial charge on any atom is 0.317 e. The van der Waals surface area contributed by atoms with Gasteiger partial charge in [-0.1, -0.05) is 41.4 Å². The van der Waals surface area contributed by atoms with E-state index in [1.807, 2.05) is 25.1 Å². The van der Waals surface area contributed by atoms with Gasteiger partial charge in [0.05, 0.1) is 4.90 Å². The van der Waals surface area contributed by atoms with E-state index < -0.39 is 10.0 Å². The van der Waals surface area contributed by atoms with E-state index in [1.165, 1.54) is 27.6 Å². The first kappa shape index (κ1) is 20.6. The highest BCUT2D eigenvalue weighted by Gasteiger charge is 2.29. The van der Waals surface area contributed by atoms with Gasteiger partial charge in [-0.3, -0.25) is 0 Å². The fourth-order valence-corrected chi connectivity index (χ4v) is 4.73. The van der Waals surface area contributed by atoms with Gasteiger partial charge in [-0.15, -0.1) is 0 Å². The van der Waals surface area contributed by atoms with Crippen LogP contribution in [0.3, 0.4) is 0 Å². The molecular formula is C20H24ClN3O3S. The van der Waals surface area contributed by atoms with Crippen LogP contribution in [0.5, 0.6) is 0 Å². The minimum atomic E-state index is -3.57. The van der Waals surface area contributed by atoms with Gasteiger partial charge in [-0.25, -0.2) is 13.2 Å². The number of hydrogen-bond acceptors (Lipinski definition) is 3. The summed E-state index contributed by atoms with van der Waals surface area (Å²) in [4.78, 5) is 14.2. The number of nitrogens with one attached hydrogen (secondary N) is 1.